The molecule has 2 aromatic carbocycles. The largest absolute Gasteiger partial charge is 0.573 e. The summed E-state index contributed by atoms with van der Waals surface area (Å²) < 4.78 is 78.6. The lowest BCUT2D eigenvalue weighted by atomic mass is 9.97. The predicted octanol–water partition coefficient (Wildman–Crippen LogP) is 5.31. The summed E-state index contributed by atoms with van der Waals surface area (Å²) in [5.74, 6) is -0.464. The zero-order valence-electron chi connectivity index (χ0n) is 11.8. The van der Waals surface area contributed by atoms with Crippen LogP contribution in [0.4, 0.5) is 26.3 Å². The van der Waals surface area contributed by atoms with E-state index in [-0.39, 0.29) is 11.1 Å². The molecule has 130 valence electrons. The molecule has 0 unspecified atom stereocenters. The molecule has 0 radical (unpaired) electrons. The van der Waals surface area contributed by atoms with E-state index in [9.17, 15) is 26.3 Å². The number of ether oxygens (including phenoxy) is 1. The average Bonchev–Trinajstić information content (AvgIpc) is 2.44. The van der Waals surface area contributed by atoms with Gasteiger partial charge in [-0.15, -0.1) is 13.2 Å². The summed E-state index contributed by atoms with van der Waals surface area (Å²) in [4.78, 5) is 0. The second-order valence-electron chi connectivity index (χ2n) is 4.80. The molecule has 0 spiro atoms. The maximum absolute atomic E-state index is 12.9. The van der Waals surface area contributed by atoms with Gasteiger partial charge < -0.3 is 10.5 Å². The van der Waals surface area contributed by atoms with Gasteiger partial charge >= 0.3 is 12.5 Å². The van der Waals surface area contributed by atoms with Crippen LogP contribution in [-0.2, 0) is 6.18 Å². The summed E-state index contributed by atoms with van der Waals surface area (Å²) in [6, 6.07) is 6.74. The summed E-state index contributed by atoms with van der Waals surface area (Å²) in [7, 11) is 0. The Hall–Kier alpha value is -1.93. The summed E-state index contributed by atoms with van der Waals surface area (Å²) in [5, 5.41) is -0.548. The monoisotopic (exact) mass is 369 g/mol. The van der Waals surface area contributed by atoms with E-state index in [4.69, 9.17) is 17.3 Å². The van der Waals surface area contributed by atoms with Crippen LogP contribution in [0.2, 0.25) is 5.02 Å². The van der Waals surface area contributed by atoms with Crippen LogP contribution >= 0.6 is 11.6 Å². The Morgan fingerprint density at radius 3 is 2.00 bits per heavy atom. The highest BCUT2D eigenvalue weighted by Gasteiger charge is 2.34. The first kappa shape index (κ1) is 18.4. The molecule has 0 saturated heterocycles. The number of halogens is 7. The third-order valence-electron chi connectivity index (χ3n) is 3.14. The molecule has 0 bridgehead atoms. The highest BCUT2D eigenvalue weighted by Crippen LogP contribution is 2.38. The lowest BCUT2D eigenvalue weighted by molar-refractivity contribution is -0.274. The normalized spacial score (nSPS) is 13.7. The molecule has 24 heavy (non-hydrogen) atoms. The van der Waals surface area contributed by atoms with Crippen LogP contribution in [0.25, 0.3) is 0 Å². The van der Waals surface area contributed by atoms with E-state index in [1.165, 1.54) is 18.2 Å². The lowest BCUT2D eigenvalue weighted by Crippen LogP contribution is -2.17. The zero-order chi connectivity index (χ0) is 18.1. The summed E-state index contributed by atoms with van der Waals surface area (Å²) >= 11 is 5.78. The summed E-state index contributed by atoms with van der Waals surface area (Å²) in [6.07, 6.45) is -9.48. The van der Waals surface area contributed by atoms with E-state index in [0.717, 1.165) is 24.3 Å². The van der Waals surface area contributed by atoms with Crippen LogP contribution in [0.3, 0.4) is 0 Å². The van der Waals surface area contributed by atoms with Crippen molar-refractivity contribution >= 4 is 11.6 Å². The third kappa shape index (κ3) is 4.33. The quantitative estimate of drug-likeness (QED) is 0.745. The molecule has 0 aliphatic rings. The van der Waals surface area contributed by atoms with Gasteiger partial charge in [-0.1, -0.05) is 35.9 Å². The van der Waals surface area contributed by atoms with Crippen molar-refractivity contribution in [2.24, 2.45) is 5.73 Å². The second kappa shape index (κ2) is 6.52. The van der Waals surface area contributed by atoms with E-state index in [1.807, 2.05) is 0 Å². The fraction of sp³-hybridized carbons (Fsp3) is 0.200. The average molecular weight is 370 g/mol. The molecule has 0 amide bonds. The fourth-order valence-electron chi connectivity index (χ4n) is 2.07. The SMILES string of the molecule is N[C@@H](c1ccc(OC(F)(F)F)cc1)c1cccc(C(F)(F)F)c1Cl. The Kier molecular flexibility index (Phi) is 5.00. The first-order chi connectivity index (χ1) is 11.0. The Morgan fingerprint density at radius 2 is 1.50 bits per heavy atom. The van der Waals surface area contributed by atoms with Crippen molar-refractivity contribution in [3.8, 4) is 5.75 Å². The standard InChI is InChI=1S/C15H10ClF6NO/c16-12-10(2-1-3-11(12)14(17,18)19)13(23)8-4-6-9(7-5-8)24-15(20,21)22/h1-7,13H,23H2/t13-/m0/s1. The molecule has 1 atom stereocenters. The van der Waals surface area contributed by atoms with Crippen molar-refractivity contribution in [1.82, 2.24) is 0 Å². The molecule has 0 fully saturated rings. The van der Waals surface area contributed by atoms with Crippen molar-refractivity contribution in [2.45, 2.75) is 18.6 Å². The second-order valence-corrected chi connectivity index (χ2v) is 5.18. The number of hydrogen-bond acceptors (Lipinski definition) is 2. The van der Waals surface area contributed by atoms with Gasteiger partial charge in [-0.2, -0.15) is 13.2 Å². The Balaban J connectivity index is 2.31. The molecule has 0 heterocycles. The minimum absolute atomic E-state index is 0.0102. The molecule has 2 nitrogen and oxygen atoms in total. The van der Waals surface area contributed by atoms with Crippen molar-refractivity contribution in [3.05, 3.63) is 64.2 Å². The van der Waals surface area contributed by atoms with Gasteiger partial charge in [-0.25, -0.2) is 0 Å². The molecular weight excluding hydrogens is 360 g/mol. The first-order valence-corrected chi connectivity index (χ1v) is 6.84. The molecule has 2 N–H and O–H groups in total. The van der Waals surface area contributed by atoms with E-state index >= 15 is 0 Å². The van der Waals surface area contributed by atoms with E-state index < -0.39 is 34.9 Å². The minimum atomic E-state index is -4.84. The van der Waals surface area contributed by atoms with Crippen molar-refractivity contribution in [2.75, 3.05) is 0 Å². The highest BCUT2D eigenvalue weighted by molar-refractivity contribution is 6.32. The lowest BCUT2D eigenvalue weighted by Gasteiger charge is -2.18. The third-order valence-corrected chi connectivity index (χ3v) is 3.56. The molecule has 2 aromatic rings. The maximum atomic E-state index is 12.9. The van der Waals surface area contributed by atoms with E-state index in [2.05, 4.69) is 4.74 Å². The summed E-state index contributed by atoms with van der Waals surface area (Å²) in [5.41, 5.74) is 5.15. The van der Waals surface area contributed by atoms with Crippen LogP contribution in [-0.4, -0.2) is 6.36 Å². The van der Waals surface area contributed by atoms with Gasteiger partial charge in [0.2, 0.25) is 0 Å². The van der Waals surface area contributed by atoms with Crippen LogP contribution < -0.4 is 10.5 Å². The molecule has 0 aromatic heterocycles. The number of alkyl halides is 6. The molecule has 0 aliphatic carbocycles. The van der Waals surface area contributed by atoms with Gasteiger partial charge in [-0.05, 0) is 29.3 Å². The molecule has 0 saturated carbocycles. The number of benzene rings is 2. The van der Waals surface area contributed by atoms with Crippen LogP contribution in [0.5, 0.6) is 5.75 Å². The van der Waals surface area contributed by atoms with Gasteiger partial charge in [-0.3, -0.25) is 0 Å². The summed E-state index contributed by atoms with van der Waals surface area (Å²) in [6.45, 7) is 0. The molecular formula is C15H10ClF6NO. The topological polar surface area (TPSA) is 35.2 Å². The molecule has 0 aliphatic heterocycles. The van der Waals surface area contributed by atoms with Gasteiger partial charge in [0, 0.05) is 0 Å². The number of hydrogen-bond donors (Lipinski definition) is 1. The fourth-order valence-corrected chi connectivity index (χ4v) is 2.42. The van der Waals surface area contributed by atoms with Crippen LogP contribution in [0.15, 0.2) is 42.5 Å². The zero-order valence-corrected chi connectivity index (χ0v) is 12.5. The van der Waals surface area contributed by atoms with E-state index in [1.54, 1.807) is 0 Å². The van der Waals surface area contributed by atoms with Gasteiger partial charge in [0.1, 0.15) is 5.75 Å². The van der Waals surface area contributed by atoms with Crippen LogP contribution in [0.1, 0.15) is 22.7 Å². The minimum Gasteiger partial charge on any atom is -0.406 e. The van der Waals surface area contributed by atoms with Crippen molar-refractivity contribution < 1.29 is 31.1 Å². The number of rotatable bonds is 3. The Labute approximate surface area is 137 Å². The van der Waals surface area contributed by atoms with E-state index in [0.29, 0.717) is 0 Å². The smallest absolute Gasteiger partial charge is 0.406 e. The Morgan fingerprint density at radius 1 is 0.917 bits per heavy atom. The molecule has 2 rings (SSSR count). The van der Waals surface area contributed by atoms with Gasteiger partial charge in [0.25, 0.3) is 0 Å². The highest BCUT2D eigenvalue weighted by atomic mass is 35.5. The Bertz CT molecular complexity index is 711. The van der Waals surface area contributed by atoms with Crippen molar-refractivity contribution in [1.29, 1.82) is 0 Å². The maximum Gasteiger partial charge on any atom is 0.573 e. The first-order valence-electron chi connectivity index (χ1n) is 6.46. The van der Waals surface area contributed by atoms with Crippen LogP contribution in [0, 0.1) is 0 Å². The predicted molar refractivity (Wildman–Crippen MR) is 75.6 cm³/mol. The van der Waals surface area contributed by atoms with Gasteiger partial charge in [0.05, 0.1) is 16.6 Å². The van der Waals surface area contributed by atoms with Gasteiger partial charge in [0.15, 0.2) is 0 Å². The van der Waals surface area contributed by atoms with Crippen molar-refractivity contribution in [3.63, 3.8) is 0 Å². The molecule has 9 heteroatoms. The number of nitrogens with two attached hydrogens (primary N) is 1.